The van der Waals surface area contributed by atoms with Crippen LogP contribution in [0.1, 0.15) is 84.1 Å². The van der Waals surface area contributed by atoms with E-state index in [0.29, 0.717) is 36.5 Å². The topological polar surface area (TPSA) is 87.0 Å². The number of amides is 4. The van der Waals surface area contributed by atoms with Gasteiger partial charge >= 0.3 is 6.03 Å². The summed E-state index contributed by atoms with van der Waals surface area (Å²) in [5.41, 5.74) is 6.11. The van der Waals surface area contributed by atoms with E-state index in [-0.39, 0.29) is 43.5 Å². The van der Waals surface area contributed by atoms with Crippen molar-refractivity contribution in [3.05, 3.63) is 35.9 Å². The van der Waals surface area contributed by atoms with Gasteiger partial charge in [0.15, 0.2) is 0 Å². The number of likely N-dealkylation sites (N-methyl/N-ethyl adjacent to an activating group) is 1. The maximum atomic E-state index is 13.4. The third kappa shape index (κ3) is 5.51. The van der Waals surface area contributed by atoms with Crippen LogP contribution in [-0.4, -0.2) is 75.7 Å². The first kappa shape index (κ1) is 29.9. The van der Waals surface area contributed by atoms with Crippen LogP contribution in [0.15, 0.2) is 30.3 Å². The fourth-order valence-electron chi connectivity index (χ4n) is 8.18. The van der Waals surface area contributed by atoms with Crippen LogP contribution in [-0.2, 0) is 16.0 Å². The minimum absolute atomic E-state index is 0.0534. The number of likely N-dealkylation sites (tertiary alicyclic amines) is 1. The van der Waals surface area contributed by atoms with E-state index in [4.69, 9.17) is 5.73 Å². The van der Waals surface area contributed by atoms with E-state index in [0.717, 1.165) is 32.2 Å². The Bertz CT molecular complexity index is 1140. The Morgan fingerprint density at radius 2 is 1.73 bits per heavy atom. The second-order valence-electron chi connectivity index (χ2n) is 13.4. The molecule has 2 aliphatic heterocycles. The third-order valence-electron chi connectivity index (χ3n) is 10.3. The molecule has 6 rings (SSSR count). The molecule has 5 aliphatic rings. The maximum Gasteiger partial charge on any atom is 0.327 e. The molecule has 2 saturated heterocycles. The summed E-state index contributed by atoms with van der Waals surface area (Å²) in [6.45, 7) is 8.53. The quantitative estimate of drug-likeness (QED) is 0.433. The molecule has 0 radical (unpaired) electrons. The number of benzene rings is 1. The Labute approximate surface area is 242 Å². The first-order valence-corrected chi connectivity index (χ1v) is 15.5. The Balaban J connectivity index is 0.000000259. The van der Waals surface area contributed by atoms with E-state index < -0.39 is 17.4 Å². The monoisotopic (exact) mass is 572 g/mol. The first-order valence-electron chi connectivity index (χ1n) is 15.5. The van der Waals surface area contributed by atoms with Gasteiger partial charge in [0.2, 0.25) is 11.8 Å². The van der Waals surface area contributed by atoms with Gasteiger partial charge in [-0.25, -0.2) is 13.6 Å². The van der Waals surface area contributed by atoms with E-state index in [2.05, 4.69) is 49.1 Å². The zero-order chi connectivity index (χ0) is 29.6. The SMILES string of the molecule is CCN1C(=O)N(CC(C)C)C2(CCC3N(CCCc4ccccc4)C4CC34C2)C1=O.NC(=O)C1CCC(F)(F)CC1. The Kier molecular flexibility index (Phi) is 8.22. The van der Waals surface area contributed by atoms with Crippen molar-refractivity contribution in [1.82, 2.24) is 14.7 Å². The number of imide groups is 1. The highest BCUT2D eigenvalue weighted by atomic mass is 19.3. The highest BCUT2D eigenvalue weighted by Crippen LogP contribution is 2.71. The smallest absolute Gasteiger partial charge is 0.327 e. The van der Waals surface area contributed by atoms with E-state index in [9.17, 15) is 23.2 Å². The normalized spacial score (nSPS) is 32.3. The van der Waals surface area contributed by atoms with Crippen LogP contribution < -0.4 is 5.73 Å². The van der Waals surface area contributed by atoms with Gasteiger partial charge in [0.05, 0.1) is 0 Å². The van der Waals surface area contributed by atoms with Crippen molar-refractivity contribution in [3.63, 3.8) is 0 Å². The number of halogens is 2. The van der Waals surface area contributed by atoms with Crippen molar-refractivity contribution < 1.29 is 23.2 Å². The summed E-state index contributed by atoms with van der Waals surface area (Å²) >= 11 is 0. The van der Waals surface area contributed by atoms with Gasteiger partial charge in [-0.3, -0.25) is 19.4 Å². The number of alkyl halides is 2. The van der Waals surface area contributed by atoms with Gasteiger partial charge in [0.1, 0.15) is 5.54 Å². The summed E-state index contributed by atoms with van der Waals surface area (Å²) in [4.78, 5) is 43.2. The van der Waals surface area contributed by atoms with Gasteiger partial charge in [-0.2, -0.15) is 0 Å². The highest BCUT2D eigenvalue weighted by molar-refractivity contribution is 6.07. The number of rotatable bonds is 8. The minimum Gasteiger partial charge on any atom is -0.369 e. The van der Waals surface area contributed by atoms with Gasteiger partial charge in [0.25, 0.3) is 5.91 Å². The average Bonchev–Trinajstić information content (AvgIpc) is 3.48. The van der Waals surface area contributed by atoms with Crippen molar-refractivity contribution in [3.8, 4) is 0 Å². The molecule has 0 bridgehead atoms. The molecule has 2 spiro atoms. The van der Waals surface area contributed by atoms with Gasteiger partial charge in [-0.15, -0.1) is 0 Å². The molecule has 4 amide bonds. The van der Waals surface area contributed by atoms with Crippen molar-refractivity contribution in [2.45, 2.75) is 109 Å². The fourth-order valence-corrected chi connectivity index (χ4v) is 8.18. The van der Waals surface area contributed by atoms with Crippen LogP contribution in [0, 0.1) is 17.3 Å². The lowest BCUT2D eigenvalue weighted by atomic mass is 9.65. The first-order chi connectivity index (χ1) is 19.4. The molecule has 1 aromatic carbocycles. The molecule has 41 heavy (non-hydrogen) atoms. The summed E-state index contributed by atoms with van der Waals surface area (Å²) in [6.07, 6.45) is 6.40. The summed E-state index contributed by atoms with van der Waals surface area (Å²) in [6, 6.07) is 11.9. The lowest BCUT2D eigenvalue weighted by molar-refractivity contribution is -0.141. The second kappa shape index (κ2) is 11.3. The number of hydrogen-bond acceptors (Lipinski definition) is 4. The number of hydrogen-bond donors (Lipinski definition) is 1. The summed E-state index contributed by atoms with van der Waals surface area (Å²) in [5, 5.41) is 0. The molecule has 3 saturated carbocycles. The predicted octanol–water partition coefficient (Wildman–Crippen LogP) is 5.22. The lowest BCUT2D eigenvalue weighted by Crippen LogP contribution is -2.65. The van der Waals surface area contributed by atoms with E-state index >= 15 is 0 Å². The van der Waals surface area contributed by atoms with Crippen LogP contribution in [0.5, 0.6) is 0 Å². The lowest BCUT2D eigenvalue weighted by Gasteiger charge is -2.56. The Hall–Kier alpha value is -2.55. The summed E-state index contributed by atoms with van der Waals surface area (Å²) in [7, 11) is 0. The zero-order valence-electron chi connectivity index (χ0n) is 24.8. The van der Waals surface area contributed by atoms with E-state index in [1.54, 1.807) is 0 Å². The van der Waals surface area contributed by atoms with Gasteiger partial charge < -0.3 is 10.6 Å². The Morgan fingerprint density at radius 1 is 1.05 bits per heavy atom. The van der Waals surface area contributed by atoms with E-state index in [1.807, 2.05) is 11.8 Å². The number of nitrogens with two attached hydrogens (primary N) is 1. The number of carbonyl (C=O) groups is 3. The molecule has 226 valence electrons. The molecule has 2 N–H and O–H groups in total. The van der Waals surface area contributed by atoms with Gasteiger partial charge in [-0.1, -0.05) is 44.2 Å². The maximum absolute atomic E-state index is 13.4. The highest BCUT2D eigenvalue weighted by Gasteiger charge is 2.78. The molecule has 4 atom stereocenters. The largest absolute Gasteiger partial charge is 0.369 e. The molecule has 4 unspecified atom stereocenters. The van der Waals surface area contributed by atoms with Gasteiger partial charge in [0, 0.05) is 49.3 Å². The van der Waals surface area contributed by atoms with Crippen molar-refractivity contribution >= 4 is 17.8 Å². The number of urea groups is 1. The zero-order valence-corrected chi connectivity index (χ0v) is 24.8. The predicted molar refractivity (Wildman–Crippen MR) is 153 cm³/mol. The standard InChI is InChI=1S/C25H35N3O2.C7H11F2NO/c1-4-26-22(29)25(28(23(26)30)16-18(2)3)13-12-20-24(17-25)15-21(24)27(20)14-8-11-19-9-6-5-7-10-19;8-7(9)3-1-5(2-4-7)6(10)11/h5-7,9-10,18,20-21H,4,8,11-17H2,1-3H3;5H,1-4H2,(H2,10,11). The molecule has 3 aliphatic carbocycles. The molecule has 0 aromatic heterocycles. The summed E-state index contributed by atoms with van der Waals surface area (Å²) in [5.74, 6) is -2.88. The molecule has 1 aromatic rings. The molecule has 2 heterocycles. The number of carbonyl (C=O) groups excluding carboxylic acids is 3. The van der Waals surface area contributed by atoms with Crippen LogP contribution in [0.25, 0.3) is 0 Å². The van der Waals surface area contributed by atoms with Crippen LogP contribution in [0.2, 0.25) is 0 Å². The number of nitrogens with zero attached hydrogens (tertiary/aromatic N) is 3. The second-order valence-corrected chi connectivity index (χ2v) is 13.4. The molecular weight excluding hydrogens is 526 g/mol. The third-order valence-corrected chi connectivity index (χ3v) is 10.3. The van der Waals surface area contributed by atoms with Crippen LogP contribution in [0.3, 0.4) is 0 Å². The van der Waals surface area contributed by atoms with Crippen molar-refractivity contribution in [2.24, 2.45) is 23.0 Å². The fraction of sp³-hybridized carbons (Fsp3) is 0.719. The molecule has 9 heteroatoms. The average molecular weight is 573 g/mol. The summed E-state index contributed by atoms with van der Waals surface area (Å²) < 4.78 is 25.0. The molecule has 5 fully saturated rings. The number of aryl methyl sites for hydroxylation is 1. The number of primary amides is 1. The molecular formula is C32H46F2N4O3. The van der Waals surface area contributed by atoms with E-state index in [1.165, 1.54) is 23.3 Å². The Morgan fingerprint density at radius 3 is 2.34 bits per heavy atom. The minimum atomic E-state index is -2.56. The van der Waals surface area contributed by atoms with Crippen molar-refractivity contribution in [1.29, 1.82) is 0 Å². The van der Waals surface area contributed by atoms with Crippen LogP contribution >= 0.6 is 0 Å². The van der Waals surface area contributed by atoms with Crippen LogP contribution in [0.4, 0.5) is 13.6 Å². The molecule has 7 nitrogen and oxygen atoms in total. The van der Waals surface area contributed by atoms with Crippen molar-refractivity contribution in [2.75, 3.05) is 19.6 Å². The van der Waals surface area contributed by atoms with Gasteiger partial charge in [-0.05, 0) is 76.3 Å².